The number of aryl methyl sites for hydroxylation is 1. The van der Waals surface area contributed by atoms with Gasteiger partial charge in [0, 0.05) is 12.2 Å². The van der Waals surface area contributed by atoms with Crippen molar-refractivity contribution in [3.8, 4) is 6.07 Å². The van der Waals surface area contributed by atoms with Crippen molar-refractivity contribution >= 4 is 23.2 Å². The molecule has 0 radical (unpaired) electrons. The maximum Gasteiger partial charge on any atom is 0.282 e. The Morgan fingerprint density at radius 1 is 1.14 bits per heavy atom. The van der Waals surface area contributed by atoms with Gasteiger partial charge in [-0.05, 0) is 31.2 Å². The number of amides is 2. The van der Waals surface area contributed by atoms with Gasteiger partial charge in [-0.15, -0.1) is 0 Å². The van der Waals surface area contributed by atoms with Gasteiger partial charge in [0.15, 0.2) is 13.1 Å². The van der Waals surface area contributed by atoms with Crippen LogP contribution in [0.2, 0.25) is 0 Å². The number of carbonyl (C=O) groups excluding carboxylic acids is 2. The maximum absolute atomic E-state index is 14.1. The van der Waals surface area contributed by atoms with Crippen molar-refractivity contribution in [2.24, 2.45) is 0 Å². The molecule has 0 saturated heterocycles. The third-order valence-electron chi connectivity index (χ3n) is 4.14. The van der Waals surface area contributed by atoms with E-state index in [9.17, 15) is 14.0 Å². The molecule has 0 fully saturated rings. The first kappa shape index (κ1) is 21.1. The molecule has 0 aliphatic heterocycles. The average Bonchev–Trinajstić information content (AvgIpc) is 2.65. The minimum Gasteiger partial charge on any atom is -0.322 e. The molecular weight excluding hydrogens is 359 g/mol. The molecule has 2 amide bonds. The molecule has 0 heterocycles. The first-order valence-electron chi connectivity index (χ1n) is 9.00. The van der Waals surface area contributed by atoms with Crippen LogP contribution in [-0.2, 0) is 9.59 Å². The molecule has 2 aromatic rings. The van der Waals surface area contributed by atoms with Crippen LogP contribution in [0.3, 0.4) is 0 Å². The lowest BCUT2D eigenvalue weighted by molar-refractivity contribution is -0.862. The van der Waals surface area contributed by atoms with E-state index in [1.807, 2.05) is 37.3 Å². The minimum absolute atomic E-state index is 0.00107. The van der Waals surface area contributed by atoms with Gasteiger partial charge in [0.25, 0.3) is 11.8 Å². The number of rotatable bonds is 8. The lowest BCUT2D eigenvalue weighted by Gasteiger charge is -2.23. The SMILES string of the molecule is Cc1ccc(NC(=O)C[NH+](C)CC(=O)N(CCC#N)c2ccccc2F)cc1. The number of nitrogens with one attached hydrogen (secondary N) is 2. The Hall–Kier alpha value is -3.24. The molecule has 146 valence electrons. The van der Waals surface area contributed by atoms with E-state index in [0.717, 1.165) is 5.56 Å². The molecule has 7 heteroatoms. The first-order valence-corrected chi connectivity index (χ1v) is 9.00. The van der Waals surface area contributed by atoms with Crippen LogP contribution in [0.1, 0.15) is 12.0 Å². The summed E-state index contributed by atoms with van der Waals surface area (Å²) in [5.74, 6) is -1.09. The van der Waals surface area contributed by atoms with Gasteiger partial charge >= 0.3 is 0 Å². The molecule has 2 N–H and O–H groups in total. The molecule has 2 aromatic carbocycles. The van der Waals surface area contributed by atoms with E-state index in [2.05, 4.69) is 5.32 Å². The van der Waals surface area contributed by atoms with Crippen LogP contribution in [0, 0.1) is 24.1 Å². The quantitative estimate of drug-likeness (QED) is 0.726. The largest absolute Gasteiger partial charge is 0.322 e. The fourth-order valence-corrected chi connectivity index (χ4v) is 2.74. The Labute approximate surface area is 164 Å². The van der Waals surface area contributed by atoms with E-state index in [1.54, 1.807) is 19.2 Å². The summed E-state index contributed by atoms with van der Waals surface area (Å²) in [6.45, 7) is 2.14. The third-order valence-corrected chi connectivity index (χ3v) is 4.14. The zero-order valence-corrected chi connectivity index (χ0v) is 16.0. The highest BCUT2D eigenvalue weighted by atomic mass is 19.1. The summed E-state index contributed by atoms with van der Waals surface area (Å²) in [5.41, 5.74) is 1.92. The third kappa shape index (κ3) is 6.18. The van der Waals surface area contributed by atoms with Crippen LogP contribution in [0.4, 0.5) is 15.8 Å². The highest BCUT2D eigenvalue weighted by Gasteiger charge is 2.23. The fourth-order valence-electron chi connectivity index (χ4n) is 2.74. The van der Waals surface area contributed by atoms with Crippen molar-refractivity contribution in [3.05, 3.63) is 59.9 Å². The van der Waals surface area contributed by atoms with Gasteiger partial charge in [-0.3, -0.25) is 9.59 Å². The molecule has 0 aromatic heterocycles. The Kier molecular flexibility index (Phi) is 7.66. The molecule has 1 unspecified atom stereocenters. The van der Waals surface area contributed by atoms with Gasteiger partial charge in [-0.2, -0.15) is 5.26 Å². The van der Waals surface area contributed by atoms with E-state index in [1.165, 1.54) is 17.0 Å². The second kappa shape index (κ2) is 10.2. The normalized spacial score (nSPS) is 11.4. The second-order valence-electron chi connectivity index (χ2n) is 6.63. The zero-order chi connectivity index (χ0) is 20.5. The van der Waals surface area contributed by atoms with E-state index >= 15 is 0 Å². The smallest absolute Gasteiger partial charge is 0.282 e. The number of nitriles is 1. The molecule has 0 aliphatic carbocycles. The van der Waals surface area contributed by atoms with Gasteiger partial charge < -0.3 is 15.1 Å². The second-order valence-corrected chi connectivity index (χ2v) is 6.63. The monoisotopic (exact) mass is 383 g/mol. The highest BCUT2D eigenvalue weighted by Crippen LogP contribution is 2.18. The van der Waals surface area contributed by atoms with E-state index in [0.29, 0.717) is 10.6 Å². The van der Waals surface area contributed by atoms with Crippen LogP contribution >= 0.6 is 0 Å². The van der Waals surface area contributed by atoms with Crippen molar-refractivity contribution < 1.29 is 18.9 Å². The first-order chi connectivity index (χ1) is 13.4. The van der Waals surface area contributed by atoms with Crippen molar-refractivity contribution in [1.29, 1.82) is 5.26 Å². The van der Waals surface area contributed by atoms with Crippen molar-refractivity contribution in [3.63, 3.8) is 0 Å². The lowest BCUT2D eigenvalue weighted by atomic mass is 10.2. The Morgan fingerprint density at radius 2 is 1.82 bits per heavy atom. The molecule has 0 aliphatic rings. The molecule has 6 nitrogen and oxygen atoms in total. The van der Waals surface area contributed by atoms with Gasteiger partial charge in [0.2, 0.25) is 0 Å². The van der Waals surface area contributed by atoms with E-state index < -0.39 is 5.82 Å². The molecule has 2 rings (SSSR count). The summed E-state index contributed by atoms with van der Waals surface area (Å²) in [4.78, 5) is 26.8. The number of nitrogens with zero attached hydrogens (tertiary/aromatic N) is 2. The van der Waals surface area contributed by atoms with Crippen molar-refractivity contribution in [2.75, 3.05) is 36.9 Å². The van der Waals surface area contributed by atoms with E-state index in [4.69, 9.17) is 5.26 Å². The molecule has 0 bridgehead atoms. The number of quaternary nitrogens is 1. The van der Waals surface area contributed by atoms with Crippen LogP contribution in [-0.4, -0.2) is 38.5 Å². The molecule has 0 saturated carbocycles. The number of hydrogen-bond acceptors (Lipinski definition) is 3. The van der Waals surface area contributed by atoms with Crippen molar-refractivity contribution in [2.45, 2.75) is 13.3 Å². The summed E-state index contributed by atoms with van der Waals surface area (Å²) in [5, 5.41) is 11.6. The van der Waals surface area contributed by atoms with Gasteiger partial charge in [0.1, 0.15) is 5.82 Å². The predicted octanol–water partition coefficient (Wildman–Crippen LogP) is 1.53. The predicted molar refractivity (Wildman–Crippen MR) is 105 cm³/mol. The summed E-state index contributed by atoms with van der Waals surface area (Å²) >= 11 is 0. The number of para-hydroxylation sites is 1. The zero-order valence-electron chi connectivity index (χ0n) is 16.0. The Bertz CT molecular complexity index is 861. The minimum atomic E-state index is -0.524. The van der Waals surface area contributed by atoms with Gasteiger partial charge in [0.05, 0.1) is 25.2 Å². The summed E-state index contributed by atoms with van der Waals surface area (Å²) in [6.07, 6.45) is 0.0903. The number of carbonyl (C=O) groups is 2. The summed E-state index contributed by atoms with van der Waals surface area (Å²) < 4.78 is 14.1. The van der Waals surface area contributed by atoms with Crippen LogP contribution < -0.4 is 15.1 Å². The average molecular weight is 383 g/mol. The van der Waals surface area contributed by atoms with E-state index in [-0.39, 0.29) is 43.6 Å². The number of halogens is 1. The molecule has 0 spiro atoms. The lowest BCUT2D eigenvalue weighted by Crippen LogP contribution is -3.11. The fraction of sp³-hybridized carbons (Fsp3) is 0.286. The standard InChI is InChI=1S/C21H23FN4O2/c1-16-8-10-17(11-9-16)24-20(27)14-25(2)15-21(28)26(13-5-12-23)19-7-4-3-6-18(19)22/h3-4,6-11H,5,13-15H2,1-2H3,(H,24,27)/p+1. The molecular formula is C21H24FN4O2+. The van der Waals surface area contributed by atoms with Crippen molar-refractivity contribution in [1.82, 2.24) is 0 Å². The number of likely N-dealkylation sites (N-methyl/N-ethyl adjacent to an activating group) is 1. The topological polar surface area (TPSA) is 77.6 Å². The van der Waals surface area contributed by atoms with Crippen LogP contribution in [0.15, 0.2) is 48.5 Å². The number of anilines is 2. The highest BCUT2D eigenvalue weighted by molar-refractivity contribution is 5.95. The molecule has 1 atom stereocenters. The number of hydrogen-bond donors (Lipinski definition) is 2. The van der Waals surface area contributed by atoms with Crippen LogP contribution in [0.5, 0.6) is 0 Å². The number of benzene rings is 2. The van der Waals surface area contributed by atoms with Gasteiger partial charge in [-0.1, -0.05) is 29.8 Å². The summed E-state index contributed by atoms with van der Waals surface area (Å²) in [6, 6.07) is 15.4. The van der Waals surface area contributed by atoms with Crippen LogP contribution in [0.25, 0.3) is 0 Å². The molecule has 28 heavy (non-hydrogen) atoms. The summed E-state index contributed by atoms with van der Waals surface area (Å²) in [7, 11) is 1.72. The van der Waals surface area contributed by atoms with Gasteiger partial charge in [-0.25, -0.2) is 4.39 Å². The Balaban J connectivity index is 1.97. The Morgan fingerprint density at radius 3 is 2.46 bits per heavy atom. The maximum atomic E-state index is 14.1.